The molecule has 5 nitrogen and oxygen atoms in total. The molecule has 2 aromatic heterocycles. The first-order chi connectivity index (χ1) is 10.7. The van der Waals surface area contributed by atoms with Gasteiger partial charge in [0.1, 0.15) is 22.7 Å². The molecule has 3 aromatic rings. The highest BCUT2D eigenvalue weighted by Crippen LogP contribution is 2.35. The average molecular weight is 331 g/mol. The predicted octanol–water partition coefficient (Wildman–Crippen LogP) is 2.92. The van der Waals surface area contributed by atoms with Crippen molar-refractivity contribution in [1.82, 2.24) is 15.2 Å². The Morgan fingerprint density at radius 3 is 2.30 bits per heavy atom. The Morgan fingerprint density at radius 1 is 1.13 bits per heavy atom. The first kappa shape index (κ1) is 15.0. The first-order valence-electron chi connectivity index (χ1n) is 6.06. The minimum atomic E-state index is -4.94. The van der Waals surface area contributed by atoms with Crippen molar-refractivity contribution in [1.29, 1.82) is 0 Å². The molecule has 0 bridgehead atoms. The highest BCUT2D eigenvalue weighted by Gasteiger charge is 2.38. The molecule has 23 heavy (non-hydrogen) atoms. The van der Waals surface area contributed by atoms with Crippen molar-refractivity contribution in [3.63, 3.8) is 0 Å². The molecular formula is C13H6F5N3O2. The average Bonchev–Trinajstić information content (AvgIpc) is 2.88. The molecule has 2 heterocycles. The van der Waals surface area contributed by atoms with E-state index < -0.39 is 57.0 Å². The van der Waals surface area contributed by atoms with Crippen LogP contribution in [-0.4, -0.2) is 20.3 Å². The van der Waals surface area contributed by atoms with Crippen LogP contribution in [0, 0.1) is 11.6 Å². The number of aromatic amines is 2. The van der Waals surface area contributed by atoms with Crippen molar-refractivity contribution in [2.45, 2.75) is 6.18 Å². The summed E-state index contributed by atoms with van der Waals surface area (Å²) >= 11 is 0. The van der Waals surface area contributed by atoms with E-state index in [9.17, 15) is 31.9 Å². The van der Waals surface area contributed by atoms with Gasteiger partial charge in [0.05, 0.1) is 11.3 Å². The molecule has 0 saturated carbocycles. The molecule has 0 radical (unpaired) electrons. The molecule has 0 unspecified atom stereocenters. The van der Waals surface area contributed by atoms with Crippen LogP contribution in [0.3, 0.4) is 0 Å². The maximum Gasteiger partial charge on any atom is 0.435 e. The normalized spacial score (nSPS) is 12.0. The van der Waals surface area contributed by atoms with Crippen molar-refractivity contribution in [3.8, 4) is 17.0 Å². The summed E-state index contributed by atoms with van der Waals surface area (Å²) in [6.45, 7) is 0. The van der Waals surface area contributed by atoms with Crippen molar-refractivity contribution in [2.24, 2.45) is 0 Å². The Hall–Kier alpha value is -2.91. The fourth-order valence-electron chi connectivity index (χ4n) is 2.19. The summed E-state index contributed by atoms with van der Waals surface area (Å²) in [6.07, 6.45) is -4.94. The number of nitrogens with zero attached hydrogens (tertiary/aromatic N) is 1. The van der Waals surface area contributed by atoms with E-state index in [-0.39, 0.29) is 0 Å². The summed E-state index contributed by atoms with van der Waals surface area (Å²) < 4.78 is 65.9. The molecule has 120 valence electrons. The van der Waals surface area contributed by atoms with Gasteiger partial charge in [-0.15, -0.1) is 0 Å². The number of fused-ring (bicyclic) bond motifs is 1. The first-order valence-corrected chi connectivity index (χ1v) is 6.06. The minimum absolute atomic E-state index is 0.516. The lowest BCUT2D eigenvalue weighted by atomic mass is 10.1. The Morgan fingerprint density at radius 2 is 1.74 bits per heavy atom. The van der Waals surface area contributed by atoms with Crippen LogP contribution in [-0.2, 0) is 6.18 Å². The van der Waals surface area contributed by atoms with Gasteiger partial charge in [0.2, 0.25) is 5.43 Å². The largest absolute Gasteiger partial charge is 0.503 e. The standard InChI is InChI=1S/C13H6F5N3O2/c14-4-2-1-3-5(15)6(4)8-10(23)9(22)7-11(13(16,17)18)20-21-12(7)19-8/h1-3,23H,(H2,19,20,21,22). The van der Waals surface area contributed by atoms with Gasteiger partial charge in [-0.3, -0.25) is 9.89 Å². The maximum absolute atomic E-state index is 13.8. The number of aromatic hydroxyl groups is 1. The fourth-order valence-corrected chi connectivity index (χ4v) is 2.19. The van der Waals surface area contributed by atoms with Gasteiger partial charge in [-0.05, 0) is 12.1 Å². The highest BCUT2D eigenvalue weighted by atomic mass is 19.4. The van der Waals surface area contributed by atoms with Gasteiger partial charge in [-0.2, -0.15) is 18.3 Å². The molecule has 0 atom stereocenters. The molecule has 3 rings (SSSR count). The van der Waals surface area contributed by atoms with Crippen molar-refractivity contribution in [3.05, 3.63) is 45.8 Å². The van der Waals surface area contributed by atoms with E-state index in [1.807, 2.05) is 5.10 Å². The zero-order valence-electron chi connectivity index (χ0n) is 10.9. The summed E-state index contributed by atoms with van der Waals surface area (Å²) in [6, 6.07) is 2.79. The number of pyridine rings is 1. The van der Waals surface area contributed by atoms with Gasteiger partial charge in [-0.25, -0.2) is 8.78 Å². The van der Waals surface area contributed by atoms with E-state index in [1.165, 1.54) is 0 Å². The number of rotatable bonds is 1. The topological polar surface area (TPSA) is 81.8 Å². The van der Waals surface area contributed by atoms with Crippen LogP contribution in [0.15, 0.2) is 23.0 Å². The van der Waals surface area contributed by atoms with Gasteiger partial charge >= 0.3 is 6.18 Å². The third-order valence-electron chi connectivity index (χ3n) is 3.18. The second kappa shape index (κ2) is 4.80. The van der Waals surface area contributed by atoms with E-state index in [0.29, 0.717) is 0 Å². The van der Waals surface area contributed by atoms with E-state index in [0.717, 1.165) is 18.2 Å². The lowest BCUT2D eigenvalue weighted by Gasteiger charge is -2.08. The Labute approximate surface area is 123 Å². The summed E-state index contributed by atoms with van der Waals surface area (Å²) in [4.78, 5) is 14.2. The third kappa shape index (κ3) is 2.22. The van der Waals surface area contributed by atoms with Gasteiger partial charge in [0.15, 0.2) is 11.4 Å². The van der Waals surface area contributed by atoms with Crippen LogP contribution in [0.25, 0.3) is 22.3 Å². The molecule has 0 aliphatic heterocycles. The smallest absolute Gasteiger partial charge is 0.435 e. The van der Waals surface area contributed by atoms with E-state index >= 15 is 0 Å². The SMILES string of the molecule is O=c1c(O)c(-c2c(F)cccc2F)[nH]c2[nH]nc(C(F)(F)F)c12. The number of hydrogen-bond donors (Lipinski definition) is 3. The zero-order valence-corrected chi connectivity index (χ0v) is 10.9. The number of H-pyrrole nitrogens is 2. The maximum atomic E-state index is 13.8. The molecule has 0 aliphatic rings. The van der Waals surface area contributed by atoms with Crippen LogP contribution in [0.5, 0.6) is 5.75 Å². The summed E-state index contributed by atoms with van der Waals surface area (Å²) in [7, 11) is 0. The van der Waals surface area contributed by atoms with Gasteiger partial charge in [0.25, 0.3) is 0 Å². The number of hydrogen-bond acceptors (Lipinski definition) is 3. The quantitative estimate of drug-likeness (QED) is 0.600. The molecule has 0 spiro atoms. The summed E-state index contributed by atoms with van der Waals surface area (Å²) in [5.74, 6) is -3.45. The Bertz CT molecular complexity index is 954. The lowest BCUT2D eigenvalue weighted by molar-refractivity contribution is -0.140. The molecule has 0 amide bonds. The van der Waals surface area contributed by atoms with Gasteiger partial charge < -0.3 is 10.1 Å². The number of halogens is 5. The fraction of sp³-hybridized carbons (Fsp3) is 0.0769. The molecule has 0 aliphatic carbocycles. The second-order valence-electron chi connectivity index (χ2n) is 4.59. The lowest BCUT2D eigenvalue weighted by Crippen LogP contribution is -2.12. The predicted molar refractivity (Wildman–Crippen MR) is 68.7 cm³/mol. The van der Waals surface area contributed by atoms with E-state index in [2.05, 4.69) is 10.1 Å². The number of nitrogens with one attached hydrogen (secondary N) is 2. The van der Waals surface area contributed by atoms with Crippen molar-refractivity contribution < 1.29 is 27.1 Å². The number of aromatic nitrogens is 3. The molecule has 3 N–H and O–H groups in total. The number of alkyl halides is 3. The summed E-state index contributed by atoms with van der Waals surface area (Å²) in [5.41, 5.74) is -4.96. The van der Waals surface area contributed by atoms with Crippen molar-refractivity contribution >= 4 is 11.0 Å². The van der Waals surface area contributed by atoms with E-state index in [1.54, 1.807) is 0 Å². The molecule has 0 fully saturated rings. The highest BCUT2D eigenvalue weighted by molar-refractivity contribution is 5.84. The van der Waals surface area contributed by atoms with Crippen LogP contribution in [0.1, 0.15) is 5.69 Å². The monoisotopic (exact) mass is 331 g/mol. The Kier molecular flexibility index (Phi) is 3.13. The molecule has 1 aromatic carbocycles. The summed E-state index contributed by atoms with van der Waals surface area (Å²) in [5, 5.41) is 13.8. The third-order valence-corrected chi connectivity index (χ3v) is 3.18. The number of benzene rings is 1. The Balaban J connectivity index is 2.39. The molecule has 0 saturated heterocycles. The van der Waals surface area contributed by atoms with Crippen LogP contribution < -0.4 is 5.43 Å². The van der Waals surface area contributed by atoms with Crippen LogP contribution in [0.4, 0.5) is 22.0 Å². The minimum Gasteiger partial charge on any atom is -0.503 e. The molecule has 10 heteroatoms. The van der Waals surface area contributed by atoms with Gasteiger partial charge in [-0.1, -0.05) is 6.07 Å². The van der Waals surface area contributed by atoms with Crippen LogP contribution >= 0.6 is 0 Å². The zero-order chi connectivity index (χ0) is 16.9. The van der Waals surface area contributed by atoms with E-state index in [4.69, 9.17) is 0 Å². The van der Waals surface area contributed by atoms with Crippen molar-refractivity contribution in [2.75, 3.05) is 0 Å². The second-order valence-corrected chi connectivity index (χ2v) is 4.59. The molecular weight excluding hydrogens is 325 g/mol. The van der Waals surface area contributed by atoms with Crippen LogP contribution in [0.2, 0.25) is 0 Å². The van der Waals surface area contributed by atoms with Gasteiger partial charge in [0, 0.05) is 0 Å².